The highest BCUT2D eigenvalue weighted by molar-refractivity contribution is 9.10. The summed E-state index contributed by atoms with van der Waals surface area (Å²) in [6.45, 7) is 2.91. The van der Waals surface area contributed by atoms with Gasteiger partial charge >= 0.3 is 0 Å². The monoisotopic (exact) mass is 334 g/mol. The summed E-state index contributed by atoms with van der Waals surface area (Å²) < 4.78 is 6.34. The van der Waals surface area contributed by atoms with Crippen molar-refractivity contribution in [2.75, 3.05) is 6.61 Å². The normalized spacial score (nSPS) is 10.1. The Hall–Kier alpha value is -1.88. The molecule has 0 aliphatic rings. The van der Waals surface area contributed by atoms with E-state index < -0.39 is 0 Å². The number of carbonyl (C=O) groups is 1. The second-order valence-corrected chi connectivity index (χ2v) is 5.07. The number of carbonyl (C=O) groups excluding carboxylic acids is 1. The molecular formula is C15H15BrN2O2. The van der Waals surface area contributed by atoms with Crippen LogP contribution >= 0.6 is 15.9 Å². The number of rotatable bonds is 5. The molecular weight excluding hydrogens is 320 g/mol. The number of hydrogen-bond donors (Lipinski definition) is 1. The highest BCUT2D eigenvalue weighted by atomic mass is 79.9. The molecule has 0 aliphatic carbocycles. The van der Waals surface area contributed by atoms with E-state index in [9.17, 15) is 4.79 Å². The predicted molar refractivity (Wildman–Crippen MR) is 80.7 cm³/mol. The smallest absolute Gasteiger partial charge is 0.253 e. The van der Waals surface area contributed by atoms with Crippen LogP contribution in [0.2, 0.25) is 0 Å². The Labute approximate surface area is 126 Å². The number of benzene rings is 1. The number of halogens is 1. The van der Waals surface area contributed by atoms with Crippen molar-refractivity contribution in [3.05, 3.63) is 58.3 Å². The first-order chi connectivity index (χ1) is 9.69. The average molecular weight is 335 g/mol. The molecule has 0 atom stereocenters. The minimum atomic E-state index is -0.165. The summed E-state index contributed by atoms with van der Waals surface area (Å²) in [5.74, 6) is 0.436. The van der Waals surface area contributed by atoms with Crippen molar-refractivity contribution in [2.45, 2.75) is 13.5 Å². The molecule has 2 rings (SSSR count). The average Bonchev–Trinajstić information content (AvgIpc) is 2.47. The zero-order valence-corrected chi connectivity index (χ0v) is 12.7. The summed E-state index contributed by atoms with van der Waals surface area (Å²) in [6.07, 6.45) is 3.12. The van der Waals surface area contributed by atoms with Crippen LogP contribution in [0.1, 0.15) is 22.8 Å². The van der Waals surface area contributed by atoms with Gasteiger partial charge in [-0.15, -0.1) is 0 Å². The second kappa shape index (κ2) is 7.05. The van der Waals surface area contributed by atoms with E-state index in [1.54, 1.807) is 12.3 Å². The summed E-state index contributed by atoms with van der Waals surface area (Å²) in [6, 6.07) is 9.49. The van der Waals surface area contributed by atoms with Crippen LogP contribution in [-0.4, -0.2) is 17.5 Å². The lowest BCUT2D eigenvalue weighted by Crippen LogP contribution is -2.22. The zero-order valence-electron chi connectivity index (χ0n) is 11.1. The highest BCUT2D eigenvalue weighted by Gasteiger charge is 2.07. The highest BCUT2D eigenvalue weighted by Crippen LogP contribution is 2.12. The van der Waals surface area contributed by atoms with Gasteiger partial charge in [-0.05, 0) is 30.7 Å². The molecule has 1 aromatic carbocycles. The second-order valence-electron chi connectivity index (χ2n) is 4.15. The Kier molecular flexibility index (Phi) is 5.12. The Bertz CT molecular complexity index is 585. The van der Waals surface area contributed by atoms with Crippen molar-refractivity contribution in [1.29, 1.82) is 0 Å². The van der Waals surface area contributed by atoms with Crippen molar-refractivity contribution in [1.82, 2.24) is 10.3 Å². The molecule has 1 amide bonds. The molecule has 20 heavy (non-hydrogen) atoms. The van der Waals surface area contributed by atoms with E-state index in [1.807, 2.05) is 31.2 Å². The summed E-state index contributed by atoms with van der Waals surface area (Å²) in [7, 11) is 0. The van der Waals surface area contributed by atoms with Gasteiger partial charge in [0.2, 0.25) is 0 Å². The number of ether oxygens (including phenoxy) is 1. The third kappa shape index (κ3) is 4.06. The molecule has 0 saturated heterocycles. The zero-order chi connectivity index (χ0) is 14.4. The molecule has 0 spiro atoms. The van der Waals surface area contributed by atoms with Crippen LogP contribution in [0.25, 0.3) is 0 Å². The SMILES string of the molecule is CCOc1cncc(C(=O)NCc2ccc(Br)cc2)c1. The van der Waals surface area contributed by atoms with Gasteiger partial charge in [-0.25, -0.2) is 0 Å². The lowest BCUT2D eigenvalue weighted by atomic mass is 10.2. The molecule has 5 heteroatoms. The van der Waals surface area contributed by atoms with Gasteiger partial charge in [0.25, 0.3) is 5.91 Å². The number of hydrogen-bond acceptors (Lipinski definition) is 3. The molecule has 0 unspecified atom stereocenters. The van der Waals surface area contributed by atoms with E-state index in [-0.39, 0.29) is 5.91 Å². The van der Waals surface area contributed by atoms with Crippen LogP contribution < -0.4 is 10.1 Å². The molecule has 4 nitrogen and oxygen atoms in total. The molecule has 1 heterocycles. The van der Waals surface area contributed by atoms with E-state index in [1.165, 1.54) is 6.20 Å². The van der Waals surface area contributed by atoms with Gasteiger partial charge in [0.15, 0.2) is 0 Å². The number of aromatic nitrogens is 1. The third-order valence-electron chi connectivity index (χ3n) is 2.65. The van der Waals surface area contributed by atoms with Gasteiger partial charge in [0, 0.05) is 17.2 Å². The van der Waals surface area contributed by atoms with Crippen LogP contribution in [0, 0.1) is 0 Å². The molecule has 0 aliphatic heterocycles. The van der Waals surface area contributed by atoms with E-state index in [2.05, 4.69) is 26.2 Å². The standard InChI is InChI=1S/C15H15BrN2O2/c1-2-20-14-7-12(9-17-10-14)15(19)18-8-11-3-5-13(16)6-4-11/h3-7,9-10H,2,8H2,1H3,(H,18,19). The van der Waals surface area contributed by atoms with E-state index in [0.717, 1.165) is 10.0 Å². The maximum absolute atomic E-state index is 12.0. The largest absolute Gasteiger partial charge is 0.492 e. The maximum atomic E-state index is 12.0. The number of nitrogens with one attached hydrogen (secondary N) is 1. The molecule has 0 radical (unpaired) electrons. The van der Waals surface area contributed by atoms with Crippen LogP contribution in [0.5, 0.6) is 5.75 Å². The molecule has 1 aromatic heterocycles. The minimum Gasteiger partial charge on any atom is -0.492 e. The van der Waals surface area contributed by atoms with Gasteiger partial charge in [-0.3, -0.25) is 9.78 Å². The first kappa shape index (κ1) is 14.5. The molecule has 0 fully saturated rings. The van der Waals surface area contributed by atoms with Crippen LogP contribution in [0.4, 0.5) is 0 Å². The Morgan fingerprint density at radius 2 is 2.05 bits per heavy atom. The fourth-order valence-corrected chi connectivity index (χ4v) is 1.94. The number of pyridine rings is 1. The fourth-order valence-electron chi connectivity index (χ4n) is 1.68. The molecule has 0 bridgehead atoms. The van der Waals surface area contributed by atoms with Crippen LogP contribution in [-0.2, 0) is 6.54 Å². The van der Waals surface area contributed by atoms with Crippen molar-refractivity contribution in [3.8, 4) is 5.75 Å². The van der Waals surface area contributed by atoms with Gasteiger partial charge in [0.1, 0.15) is 5.75 Å². The van der Waals surface area contributed by atoms with E-state index >= 15 is 0 Å². The van der Waals surface area contributed by atoms with Crippen molar-refractivity contribution in [2.24, 2.45) is 0 Å². The molecule has 104 valence electrons. The van der Waals surface area contributed by atoms with Gasteiger partial charge in [-0.2, -0.15) is 0 Å². The lowest BCUT2D eigenvalue weighted by molar-refractivity contribution is 0.0950. The van der Waals surface area contributed by atoms with Gasteiger partial charge < -0.3 is 10.1 Å². The van der Waals surface area contributed by atoms with Crippen molar-refractivity contribution < 1.29 is 9.53 Å². The summed E-state index contributed by atoms with van der Waals surface area (Å²) >= 11 is 3.38. The molecule has 2 aromatic rings. The Balaban J connectivity index is 1.97. The summed E-state index contributed by atoms with van der Waals surface area (Å²) in [5.41, 5.74) is 1.53. The predicted octanol–water partition coefficient (Wildman–Crippen LogP) is 3.17. The third-order valence-corrected chi connectivity index (χ3v) is 3.18. The van der Waals surface area contributed by atoms with Crippen molar-refractivity contribution >= 4 is 21.8 Å². The van der Waals surface area contributed by atoms with Gasteiger partial charge in [-0.1, -0.05) is 28.1 Å². The van der Waals surface area contributed by atoms with E-state index in [0.29, 0.717) is 24.5 Å². The van der Waals surface area contributed by atoms with Gasteiger partial charge in [0.05, 0.1) is 18.4 Å². The summed E-state index contributed by atoms with van der Waals surface area (Å²) in [4.78, 5) is 16.0. The Morgan fingerprint density at radius 3 is 2.75 bits per heavy atom. The van der Waals surface area contributed by atoms with Crippen LogP contribution in [0.3, 0.4) is 0 Å². The summed E-state index contributed by atoms with van der Waals surface area (Å²) in [5, 5.41) is 2.85. The first-order valence-electron chi connectivity index (χ1n) is 6.29. The lowest BCUT2D eigenvalue weighted by Gasteiger charge is -2.07. The first-order valence-corrected chi connectivity index (χ1v) is 7.09. The number of nitrogens with zero attached hydrogens (tertiary/aromatic N) is 1. The fraction of sp³-hybridized carbons (Fsp3) is 0.200. The quantitative estimate of drug-likeness (QED) is 0.913. The maximum Gasteiger partial charge on any atom is 0.253 e. The topological polar surface area (TPSA) is 51.2 Å². The molecule has 1 N–H and O–H groups in total. The Morgan fingerprint density at radius 1 is 1.30 bits per heavy atom. The van der Waals surface area contributed by atoms with Crippen molar-refractivity contribution in [3.63, 3.8) is 0 Å². The van der Waals surface area contributed by atoms with Crippen LogP contribution in [0.15, 0.2) is 47.2 Å². The van der Waals surface area contributed by atoms with E-state index in [4.69, 9.17) is 4.74 Å². The molecule has 0 saturated carbocycles. The number of amides is 1. The minimum absolute atomic E-state index is 0.165.